The predicted molar refractivity (Wildman–Crippen MR) is 54.8 cm³/mol. The molecule has 0 aromatic heterocycles. The average Bonchev–Trinajstić information content (AvgIpc) is 2.66. The zero-order valence-electron chi connectivity index (χ0n) is 8.95. The third-order valence-corrected chi connectivity index (χ3v) is 2.75. The maximum absolute atomic E-state index is 10.8. The van der Waals surface area contributed by atoms with Gasteiger partial charge in [0.15, 0.2) is 0 Å². The molecule has 0 saturated carbocycles. The van der Waals surface area contributed by atoms with Crippen molar-refractivity contribution in [2.45, 2.75) is 38.8 Å². The van der Waals surface area contributed by atoms with E-state index in [9.17, 15) is 4.79 Å². The van der Waals surface area contributed by atoms with E-state index in [4.69, 9.17) is 10.5 Å². The molecule has 3 N–H and O–H groups in total. The first-order chi connectivity index (χ1) is 6.61. The Morgan fingerprint density at radius 2 is 2.36 bits per heavy atom. The van der Waals surface area contributed by atoms with Crippen LogP contribution in [0.2, 0.25) is 0 Å². The summed E-state index contributed by atoms with van der Waals surface area (Å²) < 4.78 is 5.53. The number of amides is 1. The van der Waals surface area contributed by atoms with Crippen LogP contribution in [0.3, 0.4) is 0 Å². The first kappa shape index (κ1) is 11.5. The van der Waals surface area contributed by atoms with Crippen molar-refractivity contribution in [3.63, 3.8) is 0 Å². The molecule has 1 aliphatic heterocycles. The third kappa shape index (κ3) is 3.27. The van der Waals surface area contributed by atoms with Gasteiger partial charge in [0.1, 0.15) is 0 Å². The average molecular weight is 200 g/mol. The van der Waals surface area contributed by atoms with Crippen molar-refractivity contribution in [2.75, 3.05) is 13.2 Å². The summed E-state index contributed by atoms with van der Waals surface area (Å²) in [4.78, 5) is 10.8. The molecule has 4 heteroatoms. The van der Waals surface area contributed by atoms with Crippen LogP contribution in [0.25, 0.3) is 0 Å². The summed E-state index contributed by atoms with van der Waals surface area (Å²) in [6.45, 7) is 5.42. The smallest absolute Gasteiger partial charge is 0.221 e. The van der Waals surface area contributed by atoms with E-state index in [1.165, 1.54) is 0 Å². The van der Waals surface area contributed by atoms with Crippen LogP contribution in [-0.4, -0.2) is 31.2 Å². The molecule has 1 rings (SSSR count). The first-order valence-corrected chi connectivity index (χ1v) is 5.25. The van der Waals surface area contributed by atoms with Crippen molar-refractivity contribution in [2.24, 2.45) is 11.7 Å². The quantitative estimate of drug-likeness (QED) is 0.669. The Hall–Kier alpha value is -0.610. The molecule has 0 spiro atoms. The molecule has 0 aromatic carbocycles. The zero-order valence-corrected chi connectivity index (χ0v) is 8.95. The van der Waals surface area contributed by atoms with Crippen LogP contribution in [-0.2, 0) is 9.53 Å². The Morgan fingerprint density at radius 1 is 1.64 bits per heavy atom. The molecule has 14 heavy (non-hydrogen) atoms. The fraction of sp³-hybridized carbons (Fsp3) is 0.900. The molecule has 1 aliphatic rings. The van der Waals surface area contributed by atoms with Crippen molar-refractivity contribution >= 4 is 5.91 Å². The summed E-state index contributed by atoms with van der Waals surface area (Å²) in [7, 11) is 0. The van der Waals surface area contributed by atoms with Gasteiger partial charge in [-0.25, -0.2) is 0 Å². The van der Waals surface area contributed by atoms with Crippen LogP contribution >= 0.6 is 0 Å². The highest BCUT2D eigenvalue weighted by Crippen LogP contribution is 2.15. The highest BCUT2D eigenvalue weighted by Gasteiger charge is 2.22. The van der Waals surface area contributed by atoms with Gasteiger partial charge in [-0.3, -0.25) is 4.79 Å². The zero-order chi connectivity index (χ0) is 10.6. The molecule has 1 heterocycles. The molecule has 0 radical (unpaired) electrons. The van der Waals surface area contributed by atoms with Gasteiger partial charge >= 0.3 is 0 Å². The van der Waals surface area contributed by atoms with Crippen LogP contribution in [0.5, 0.6) is 0 Å². The predicted octanol–water partition coefficient (Wildman–Crippen LogP) is 0.265. The number of hydrogen-bond acceptors (Lipinski definition) is 3. The lowest BCUT2D eigenvalue weighted by molar-refractivity contribution is -0.121. The van der Waals surface area contributed by atoms with Crippen LogP contribution in [0, 0.1) is 5.92 Å². The number of ether oxygens (including phenoxy) is 1. The highest BCUT2D eigenvalue weighted by molar-refractivity contribution is 5.76. The fourth-order valence-electron chi connectivity index (χ4n) is 1.59. The van der Waals surface area contributed by atoms with Gasteiger partial charge in [0.25, 0.3) is 0 Å². The van der Waals surface area contributed by atoms with E-state index >= 15 is 0 Å². The highest BCUT2D eigenvalue weighted by atomic mass is 16.5. The van der Waals surface area contributed by atoms with E-state index in [1.54, 1.807) is 0 Å². The van der Waals surface area contributed by atoms with Gasteiger partial charge < -0.3 is 15.8 Å². The Bertz CT molecular complexity index is 191. The molecule has 0 bridgehead atoms. The summed E-state index contributed by atoms with van der Waals surface area (Å²) in [5.74, 6) is -0.365. The molecule has 4 nitrogen and oxygen atoms in total. The maximum atomic E-state index is 10.8. The molecule has 0 aromatic rings. The monoisotopic (exact) mass is 200 g/mol. The molecular formula is C10H20N2O2. The van der Waals surface area contributed by atoms with Gasteiger partial charge in [-0.1, -0.05) is 6.92 Å². The summed E-state index contributed by atoms with van der Waals surface area (Å²) in [6.07, 6.45) is 2.55. The second-order valence-electron chi connectivity index (χ2n) is 4.05. The van der Waals surface area contributed by atoms with Crippen molar-refractivity contribution in [3.05, 3.63) is 0 Å². The maximum Gasteiger partial charge on any atom is 0.221 e. The SMILES string of the molecule is CC(CNC(C)C1CCCO1)C(N)=O. The standard InChI is InChI=1S/C10H20N2O2/c1-7(10(11)13)6-12-8(2)9-4-3-5-14-9/h7-9,12H,3-6H2,1-2H3,(H2,11,13). The van der Waals surface area contributed by atoms with Crippen LogP contribution in [0.1, 0.15) is 26.7 Å². The number of primary amides is 1. The Kier molecular flexibility index (Phi) is 4.35. The topological polar surface area (TPSA) is 64.3 Å². The largest absolute Gasteiger partial charge is 0.377 e. The van der Waals surface area contributed by atoms with Crippen molar-refractivity contribution in [1.29, 1.82) is 0 Å². The lowest BCUT2D eigenvalue weighted by atomic mass is 10.1. The molecule has 1 fully saturated rings. The van der Waals surface area contributed by atoms with Gasteiger partial charge in [-0.15, -0.1) is 0 Å². The Labute approximate surface area is 85.2 Å². The minimum absolute atomic E-state index is 0.112. The first-order valence-electron chi connectivity index (χ1n) is 5.25. The molecule has 1 amide bonds. The van der Waals surface area contributed by atoms with Crippen LogP contribution < -0.4 is 11.1 Å². The molecule has 82 valence electrons. The number of rotatable bonds is 5. The van der Waals surface area contributed by atoms with Crippen molar-refractivity contribution in [1.82, 2.24) is 5.32 Å². The second-order valence-corrected chi connectivity index (χ2v) is 4.05. The number of nitrogens with one attached hydrogen (secondary N) is 1. The van der Waals surface area contributed by atoms with Gasteiger partial charge in [-0.2, -0.15) is 0 Å². The van der Waals surface area contributed by atoms with Crippen molar-refractivity contribution < 1.29 is 9.53 Å². The summed E-state index contributed by atoms with van der Waals surface area (Å²) >= 11 is 0. The number of carbonyl (C=O) groups is 1. The summed E-state index contributed by atoms with van der Waals surface area (Å²) in [6, 6.07) is 0.305. The molecule has 1 saturated heterocycles. The van der Waals surface area contributed by atoms with E-state index in [2.05, 4.69) is 12.2 Å². The Morgan fingerprint density at radius 3 is 2.86 bits per heavy atom. The molecule has 0 aliphatic carbocycles. The summed E-state index contributed by atoms with van der Waals surface area (Å²) in [5.41, 5.74) is 5.17. The van der Waals surface area contributed by atoms with Gasteiger partial charge in [-0.05, 0) is 19.8 Å². The third-order valence-electron chi connectivity index (χ3n) is 2.75. The van der Waals surface area contributed by atoms with Gasteiger partial charge in [0, 0.05) is 25.1 Å². The number of carbonyl (C=O) groups excluding carboxylic acids is 1. The van der Waals surface area contributed by atoms with E-state index in [-0.39, 0.29) is 11.8 Å². The van der Waals surface area contributed by atoms with E-state index < -0.39 is 0 Å². The minimum atomic E-state index is -0.253. The van der Waals surface area contributed by atoms with Gasteiger partial charge in [0.2, 0.25) is 5.91 Å². The normalized spacial score (nSPS) is 26.0. The molecule has 3 atom stereocenters. The molecular weight excluding hydrogens is 180 g/mol. The van der Waals surface area contributed by atoms with E-state index in [0.29, 0.717) is 18.7 Å². The van der Waals surface area contributed by atoms with Crippen molar-refractivity contribution in [3.8, 4) is 0 Å². The van der Waals surface area contributed by atoms with Crippen LogP contribution in [0.4, 0.5) is 0 Å². The number of nitrogens with two attached hydrogens (primary N) is 1. The number of hydrogen-bond donors (Lipinski definition) is 2. The second kappa shape index (κ2) is 5.32. The Balaban J connectivity index is 2.19. The fourth-order valence-corrected chi connectivity index (χ4v) is 1.59. The molecule has 3 unspecified atom stereocenters. The van der Waals surface area contributed by atoms with E-state index in [0.717, 1.165) is 19.4 Å². The van der Waals surface area contributed by atoms with E-state index in [1.807, 2.05) is 6.92 Å². The summed E-state index contributed by atoms with van der Waals surface area (Å²) in [5, 5.41) is 3.28. The lowest BCUT2D eigenvalue weighted by Crippen LogP contribution is -2.41. The lowest BCUT2D eigenvalue weighted by Gasteiger charge is -2.21. The minimum Gasteiger partial charge on any atom is -0.377 e. The van der Waals surface area contributed by atoms with Gasteiger partial charge in [0.05, 0.1) is 6.10 Å². The van der Waals surface area contributed by atoms with Crippen LogP contribution in [0.15, 0.2) is 0 Å².